The molecule has 0 spiro atoms. The highest BCUT2D eigenvalue weighted by Crippen LogP contribution is 2.49. The van der Waals surface area contributed by atoms with Gasteiger partial charge in [0.25, 0.3) is 0 Å². The second-order valence-corrected chi connectivity index (χ2v) is 6.28. The summed E-state index contributed by atoms with van der Waals surface area (Å²) in [5, 5.41) is 9.94. The van der Waals surface area contributed by atoms with Crippen molar-refractivity contribution >= 4 is 5.91 Å². The number of hydrogen-bond donors (Lipinski definition) is 1. The number of carbonyl (C=O) groups excluding carboxylic acids is 1. The summed E-state index contributed by atoms with van der Waals surface area (Å²) in [6.07, 6.45) is 0.0222. The minimum atomic E-state index is -0.834. The average molecular weight is 309 g/mol. The van der Waals surface area contributed by atoms with Gasteiger partial charge in [0.05, 0.1) is 19.1 Å². The Morgan fingerprint density at radius 2 is 1.87 bits per heavy atom. The average Bonchev–Trinajstić information content (AvgIpc) is 2.90. The van der Waals surface area contributed by atoms with Crippen molar-refractivity contribution in [3.63, 3.8) is 0 Å². The molecule has 1 saturated heterocycles. The van der Waals surface area contributed by atoms with Gasteiger partial charge in [-0.25, -0.2) is 0 Å². The Balaban J connectivity index is 1.84. The Hall–Kier alpha value is -2.17. The second-order valence-electron chi connectivity index (χ2n) is 6.28. The smallest absolute Gasteiger partial charge is 0.229 e. The monoisotopic (exact) mass is 309 g/mol. The van der Waals surface area contributed by atoms with Gasteiger partial charge in [0.1, 0.15) is 6.10 Å². The summed E-state index contributed by atoms with van der Waals surface area (Å²) in [4.78, 5) is 14.5. The van der Waals surface area contributed by atoms with Crippen molar-refractivity contribution in [2.24, 2.45) is 0 Å². The van der Waals surface area contributed by atoms with Gasteiger partial charge in [-0.3, -0.25) is 4.79 Å². The maximum absolute atomic E-state index is 12.7. The summed E-state index contributed by atoms with van der Waals surface area (Å²) in [5.41, 5.74) is 2.16. The molecule has 1 fully saturated rings. The molecule has 2 heterocycles. The van der Waals surface area contributed by atoms with Crippen LogP contribution in [0.2, 0.25) is 0 Å². The van der Waals surface area contributed by atoms with Gasteiger partial charge in [-0.05, 0) is 18.1 Å². The van der Waals surface area contributed by atoms with Gasteiger partial charge < -0.3 is 14.7 Å². The molecule has 4 heteroatoms. The molecule has 0 unspecified atom stereocenters. The number of aliphatic hydroxyl groups excluding tert-OH is 1. The van der Waals surface area contributed by atoms with E-state index in [1.54, 1.807) is 4.90 Å². The highest BCUT2D eigenvalue weighted by molar-refractivity contribution is 5.83. The molecule has 0 aliphatic carbocycles. The fourth-order valence-electron chi connectivity index (χ4n) is 3.94. The molecule has 2 aromatic carbocycles. The molecule has 4 nitrogen and oxygen atoms in total. The van der Waals surface area contributed by atoms with Gasteiger partial charge in [-0.2, -0.15) is 0 Å². The van der Waals surface area contributed by atoms with Crippen LogP contribution in [0.1, 0.15) is 29.7 Å². The molecule has 3 atom stereocenters. The van der Waals surface area contributed by atoms with Crippen LogP contribution >= 0.6 is 0 Å². The van der Waals surface area contributed by atoms with Crippen LogP contribution in [0.15, 0.2) is 54.6 Å². The van der Waals surface area contributed by atoms with E-state index in [1.807, 2.05) is 61.5 Å². The highest BCUT2D eigenvalue weighted by atomic mass is 16.5. The minimum Gasteiger partial charge on any atom is -0.394 e. The molecular formula is C19H19NO3. The predicted octanol–water partition coefficient (Wildman–Crippen LogP) is 2.38. The molecule has 4 rings (SSSR count). The first-order chi connectivity index (χ1) is 11.1. The van der Waals surface area contributed by atoms with E-state index in [1.165, 1.54) is 0 Å². The largest absolute Gasteiger partial charge is 0.394 e. The van der Waals surface area contributed by atoms with Crippen molar-refractivity contribution in [3.8, 4) is 0 Å². The number of aliphatic hydroxyl groups is 1. The lowest BCUT2D eigenvalue weighted by atomic mass is 9.89. The van der Waals surface area contributed by atoms with Gasteiger partial charge in [-0.1, -0.05) is 54.6 Å². The van der Waals surface area contributed by atoms with Crippen LogP contribution in [-0.2, 0) is 21.7 Å². The summed E-state index contributed by atoms with van der Waals surface area (Å²) in [6, 6.07) is 17.3. The van der Waals surface area contributed by atoms with Crippen molar-refractivity contribution in [2.75, 3.05) is 6.61 Å². The molecule has 0 aromatic heterocycles. The quantitative estimate of drug-likeness (QED) is 0.926. The zero-order valence-corrected chi connectivity index (χ0v) is 13.0. The number of amides is 1. The number of carbonyl (C=O) groups is 1. The van der Waals surface area contributed by atoms with Crippen LogP contribution in [-0.4, -0.2) is 28.6 Å². The van der Waals surface area contributed by atoms with Crippen LogP contribution in [0.25, 0.3) is 0 Å². The Morgan fingerprint density at radius 3 is 2.61 bits per heavy atom. The molecule has 23 heavy (non-hydrogen) atoms. The van der Waals surface area contributed by atoms with Crippen molar-refractivity contribution in [3.05, 3.63) is 71.3 Å². The molecule has 2 aliphatic heterocycles. The van der Waals surface area contributed by atoms with E-state index in [9.17, 15) is 9.90 Å². The third kappa shape index (κ3) is 2.02. The topological polar surface area (TPSA) is 49.8 Å². The van der Waals surface area contributed by atoms with Crippen LogP contribution < -0.4 is 0 Å². The predicted molar refractivity (Wildman–Crippen MR) is 85.5 cm³/mol. The van der Waals surface area contributed by atoms with Gasteiger partial charge in [0, 0.05) is 5.56 Å². The number of fused-ring (bicyclic) bond motifs is 3. The molecule has 2 aliphatic rings. The number of nitrogens with zero attached hydrogens (tertiary/aromatic N) is 1. The minimum absolute atomic E-state index is 0.00341. The van der Waals surface area contributed by atoms with E-state index >= 15 is 0 Å². The molecule has 2 aromatic rings. The highest BCUT2D eigenvalue weighted by Gasteiger charge is 2.55. The summed E-state index contributed by atoms with van der Waals surface area (Å²) < 4.78 is 6.38. The van der Waals surface area contributed by atoms with E-state index in [0.29, 0.717) is 6.42 Å². The number of ether oxygens (including phenoxy) is 1. The first kappa shape index (κ1) is 14.4. The Morgan fingerprint density at radius 1 is 1.17 bits per heavy atom. The molecule has 1 N–H and O–H groups in total. The van der Waals surface area contributed by atoms with E-state index in [0.717, 1.165) is 16.7 Å². The maximum Gasteiger partial charge on any atom is 0.229 e. The Labute approximate surface area is 135 Å². The van der Waals surface area contributed by atoms with E-state index in [2.05, 4.69) is 0 Å². The molecule has 0 radical (unpaired) electrons. The molecule has 0 saturated carbocycles. The van der Waals surface area contributed by atoms with Crippen molar-refractivity contribution in [1.29, 1.82) is 0 Å². The third-order valence-electron chi connectivity index (χ3n) is 4.94. The van der Waals surface area contributed by atoms with Crippen LogP contribution in [0.3, 0.4) is 0 Å². The Bertz CT molecular complexity index is 745. The fraction of sp³-hybridized carbons (Fsp3) is 0.316. The SMILES string of the molecule is C[C@]12O[C@@H](c3ccccc3)[C@H](CO)N1C(=O)Cc1ccccc12. The lowest BCUT2D eigenvalue weighted by Gasteiger charge is -2.41. The van der Waals surface area contributed by atoms with Crippen LogP contribution in [0.5, 0.6) is 0 Å². The van der Waals surface area contributed by atoms with Crippen LogP contribution in [0.4, 0.5) is 0 Å². The van der Waals surface area contributed by atoms with E-state index in [-0.39, 0.29) is 24.7 Å². The van der Waals surface area contributed by atoms with Crippen molar-refractivity contribution in [1.82, 2.24) is 4.90 Å². The maximum atomic E-state index is 12.7. The lowest BCUT2D eigenvalue weighted by molar-refractivity contribution is -0.155. The van der Waals surface area contributed by atoms with E-state index < -0.39 is 5.72 Å². The lowest BCUT2D eigenvalue weighted by Crippen LogP contribution is -2.52. The molecule has 1 amide bonds. The van der Waals surface area contributed by atoms with Crippen molar-refractivity contribution in [2.45, 2.75) is 31.2 Å². The van der Waals surface area contributed by atoms with E-state index in [4.69, 9.17) is 4.74 Å². The molecule has 0 bridgehead atoms. The fourth-order valence-corrected chi connectivity index (χ4v) is 3.94. The number of hydrogen-bond acceptors (Lipinski definition) is 3. The summed E-state index contributed by atoms with van der Waals surface area (Å²) in [6.45, 7) is 1.80. The van der Waals surface area contributed by atoms with Gasteiger partial charge in [0.2, 0.25) is 5.91 Å². The Kier molecular flexibility index (Phi) is 3.25. The summed E-state index contributed by atoms with van der Waals surface area (Å²) >= 11 is 0. The molecule has 118 valence electrons. The zero-order chi connectivity index (χ0) is 16.0. The molecular weight excluding hydrogens is 290 g/mol. The van der Waals surface area contributed by atoms with Crippen LogP contribution in [0, 0.1) is 0 Å². The first-order valence-corrected chi connectivity index (χ1v) is 7.89. The number of benzene rings is 2. The third-order valence-corrected chi connectivity index (χ3v) is 4.94. The summed E-state index contributed by atoms with van der Waals surface area (Å²) in [7, 11) is 0. The van der Waals surface area contributed by atoms with Crippen molar-refractivity contribution < 1.29 is 14.6 Å². The van der Waals surface area contributed by atoms with Gasteiger partial charge in [-0.15, -0.1) is 0 Å². The zero-order valence-electron chi connectivity index (χ0n) is 13.0. The normalized spacial score (nSPS) is 29.3. The summed E-state index contributed by atoms with van der Waals surface area (Å²) in [5.74, 6) is 0.00341. The standard InChI is InChI=1S/C19H19NO3/c1-19-15-10-6-5-9-14(15)11-17(22)20(19)16(12-21)18(23-19)13-7-3-2-4-8-13/h2-10,16,18,21H,11-12H2,1H3/t16-,18-,19+/m0/s1. The first-order valence-electron chi connectivity index (χ1n) is 7.89. The van der Waals surface area contributed by atoms with Gasteiger partial charge >= 0.3 is 0 Å². The van der Waals surface area contributed by atoms with Gasteiger partial charge in [0.15, 0.2) is 5.72 Å². The number of rotatable bonds is 2. The second kappa shape index (κ2) is 5.18.